The molecule has 1 rings (SSSR count). The standard InChI is InChI=1S/C15H26P/c1-14(2,3)16(15(4,5)6)12-11-13-9-7-8-10-13/h7-10H,11-12H2,1-6H3. The Morgan fingerprint density at radius 2 is 1.31 bits per heavy atom. The van der Waals surface area contributed by atoms with Crippen LogP contribution in [-0.4, -0.2) is 16.5 Å². The van der Waals surface area contributed by atoms with E-state index in [1.54, 1.807) is 0 Å². The van der Waals surface area contributed by atoms with Gasteiger partial charge in [-0.25, -0.2) is 0 Å². The second-order valence-electron chi connectivity index (χ2n) is 6.54. The van der Waals surface area contributed by atoms with Gasteiger partial charge in [0, 0.05) is 5.92 Å². The molecule has 0 nitrogen and oxygen atoms in total. The Balaban J connectivity index is 2.58. The molecule has 0 atom stereocenters. The lowest BCUT2D eigenvalue weighted by atomic mass is 10.1. The SMILES string of the molecule is CC(C)(C)P(CC[C]1C=CC=C1)C(C)(C)C. The van der Waals surface area contributed by atoms with Crippen molar-refractivity contribution < 1.29 is 0 Å². The van der Waals surface area contributed by atoms with Crippen LogP contribution in [0.3, 0.4) is 0 Å². The summed E-state index contributed by atoms with van der Waals surface area (Å²) in [6, 6.07) is 0. The topological polar surface area (TPSA) is 0 Å². The molecule has 1 radical (unpaired) electrons. The average Bonchev–Trinajstić information content (AvgIpc) is 2.51. The second kappa shape index (κ2) is 5.05. The summed E-state index contributed by atoms with van der Waals surface area (Å²) in [6.07, 6.45) is 11.4. The molecule has 0 saturated carbocycles. The van der Waals surface area contributed by atoms with Crippen molar-refractivity contribution in [2.45, 2.75) is 58.3 Å². The third kappa shape index (κ3) is 4.06. The molecule has 0 unspecified atom stereocenters. The van der Waals surface area contributed by atoms with Crippen LogP contribution in [0.15, 0.2) is 24.3 Å². The zero-order valence-electron chi connectivity index (χ0n) is 11.7. The third-order valence-electron chi connectivity index (χ3n) is 2.98. The molecule has 0 aromatic heterocycles. The maximum Gasteiger partial charge on any atom is 0.0197 e. The molecule has 0 saturated heterocycles. The molecule has 0 aromatic rings. The highest BCUT2D eigenvalue weighted by molar-refractivity contribution is 7.60. The van der Waals surface area contributed by atoms with Gasteiger partial charge in [0.15, 0.2) is 0 Å². The van der Waals surface area contributed by atoms with Crippen molar-refractivity contribution in [1.82, 2.24) is 0 Å². The Morgan fingerprint density at radius 1 is 0.875 bits per heavy atom. The highest BCUT2D eigenvalue weighted by Gasteiger charge is 2.33. The minimum atomic E-state index is 0.0525. The van der Waals surface area contributed by atoms with Gasteiger partial charge in [0.25, 0.3) is 0 Å². The van der Waals surface area contributed by atoms with Crippen molar-refractivity contribution in [2.24, 2.45) is 0 Å². The maximum atomic E-state index is 2.40. The Labute approximate surface area is 103 Å². The van der Waals surface area contributed by atoms with Crippen LogP contribution in [-0.2, 0) is 0 Å². The summed E-state index contributed by atoms with van der Waals surface area (Å²) < 4.78 is 0. The Hall–Kier alpha value is -0.0900. The summed E-state index contributed by atoms with van der Waals surface area (Å²) in [5, 5.41) is 0.917. The van der Waals surface area contributed by atoms with Gasteiger partial charge in [-0.2, -0.15) is 0 Å². The fraction of sp³-hybridized carbons (Fsp3) is 0.667. The van der Waals surface area contributed by atoms with Crippen molar-refractivity contribution in [2.75, 3.05) is 6.16 Å². The van der Waals surface area contributed by atoms with Gasteiger partial charge in [0.2, 0.25) is 0 Å². The summed E-state index contributed by atoms with van der Waals surface area (Å²) in [4.78, 5) is 0. The number of allylic oxidation sites excluding steroid dienone is 4. The molecule has 0 amide bonds. The number of hydrogen-bond donors (Lipinski definition) is 0. The van der Waals surface area contributed by atoms with Crippen LogP contribution in [0.5, 0.6) is 0 Å². The van der Waals surface area contributed by atoms with E-state index in [4.69, 9.17) is 0 Å². The Bertz CT molecular complexity index is 247. The van der Waals surface area contributed by atoms with Crippen LogP contribution in [0.2, 0.25) is 0 Å². The lowest BCUT2D eigenvalue weighted by Gasteiger charge is -2.42. The molecular weight excluding hydrogens is 211 g/mol. The number of hydrogen-bond acceptors (Lipinski definition) is 0. The molecule has 0 heterocycles. The van der Waals surface area contributed by atoms with Crippen LogP contribution in [0.25, 0.3) is 0 Å². The second-order valence-corrected chi connectivity index (χ2v) is 10.5. The first kappa shape index (κ1) is 14.0. The molecule has 0 aromatic carbocycles. The van der Waals surface area contributed by atoms with Crippen molar-refractivity contribution >= 4 is 7.92 Å². The van der Waals surface area contributed by atoms with E-state index in [-0.39, 0.29) is 7.92 Å². The highest BCUT2D eigenvalue weighted by atomic mass is 31.1. The van der Waals surface area contributed by atoms with E-state index in [0.717, 1.165) is 0 Å². The molecule has 1 aliphatic rings. The van der Waals surface area contributed by atoms with Crippen LogP contribution < -0.4 is 0 Å². The van der Waals surface area contributed by atoms with Gasteiger partial charge < -0.3 is 0 Å². The van der Waals surface area contributed by atoms with Crippen LogP contribution in [0, 0.1) is 5.92 Å². The summed E-state index contributed by atoms with van der Waals surface area (Å²) in [5.41, 5.74) is 0. The average molecular weight is 237 g/mol. The van der Waals surface area contributed by atoms with Crippen molar-refractivity contribution in [3.05, 3.63) is 30.2 Å². The lowest BCUT2D eigenvalue weighted by molar-refractivity contribution is 0.701. The first-order valence-corrected chi connectivity index (χ1v) is 7.72. The van der Waals surface area contributed by atoms with E-state index in [2.05, 4.69) is 65.8 Å². The Kier molecular flexibility index (Phi) is 4.41. The van der Waals surface area contributed by atoms with Gasteiger partial charge in [-0.05, 0) is 22.9 Å². The maximum absolute atomic E-state index is 2.40. The zero-order valence-corrected chi connectivity index (χ0v) is 12.6. The first-order valence-electron chi connectivity index (χ1n) is 6.19. The molecular formula is C15H26P. The third-order valence-corrected chi connectivity index (χ3v) is 6.89. The van der Waals surface area contributed by atoms with Gasteiger partial charge >= 0.3 is 0 Å². The van der Waals surface area contributed by atoms with Gasteiger partial charge in [0.05, 0.1) is 0 Å². The molecule has 0 bridgehead atoms. The quantitative estimate of drug-likeness (QED) is 0.595. The van der Waals surface area contributed by atoms with E-state index in [0.29, 0.717) is 10.3 Å². The van der Waals surface area contributed by atoms with Crippen LogP contribution in [0.4, 0.5) is 0 Å². The van der Waals surface area contributed by atoms with E-state index >= 15 is 0 Å². The fourth-order valence-corrected chi connectivity index (χ4v) is 6.33. The minimum Gasteiger partial charge on any atom is -0.0956 e. The van der Waals surface area contributed by atoms with Crippen molar-refractivity contribution in [3.8, 4) is 0 Å². The van der Waals surface area contributed by atoms with Crippen LogP contribution >= 0.6 is 7.92 Å². The number of rotatable bonds is 3. The van der Waals surface area contributed by atoms with Crippen LogP contribution in [0.1, 0.15) is 48.0 Å². The predicted octanol–water partition coefficient (Wildman–Crippen LogP) is 5.16. The zero-order chi connectivity index (χ0) is 12.4. The monoisotopic (exact) mass is 237 g/mol. The van der Waals surface area contributed by atoms with Crippen molar-refractivity contribution in [3.63, 3.8) is 0 Å². The largest absolute Gasteiger partial charge is 0.0956 e. The molecule has 0 aliphatic heterocycles. The van der Waals surface area contributed by atoms with Gasteiger partial charge in [-0.3, -0.25) is 0 Å². The summed E-state index contributed by atoms with van der Waals surface area (Å²) in [7, 11) is 0.0525. The fourth-order valence-electron chi connectivity index (χ4n) is 2.50. The van der Waals surface area contributed by atoms with Gasteiger partial charge in [-0.15, -0.1) is 0 Å². The van der Waals surface area contributed by atoms with E-state index in [1.807, 2.05) is 0 Å². The van der Waals surface area contributed by atoms with Gasteiger partial charge in [0.1, 0.15) is 0 Å². The molecule has 1 aliphatic carbocycles. The van der Waals surface area contributed by atoms with Gasteiger partial charge in [-0.1, -0.05) is 73.8 Å². The molecule has 1 heteroatoms. The summed E-state index contributed by atoms with van der Waals surface area (Å²) in [5.74, 6) is 1.50. The van der Waals surface area contributed by atoms with E-state index < -0.39 is 0 Å². The van der Waals surface area contributed by atoms with Crippen molar-refractivity contribution in [1.29, 1.82) is 0 Å². The lowest BCUT2D eigenvalue weighted by Crippen LogP contribution is -2.26. The molecule has 0 N–H and O–H groups in total. The molecule has 16 heavy (non-hydrogen) atoms. The molecule has 91 valence electrons. The predicted molar refractivity (Wildman–Crippen MR) is 77.4 cm³/mol. The van der Waals surface area contributed by atoms with E-state index in [1.165, 1.54) is 18.5 Å². The Morgan fingerprint density at radius 3 is 1.69 bits per heavy atom. The smallest absolute Gasteiger partial charge is 0.0197 e. The molecule has 0 fully saturated rings. The molecule has 0 spiro atoms. The summed E-state index contributed by atoms with van der Waals surface area (Å²) >= 11 is 0. The minimum absolute atomic E-state index is 0.0525. The highest BCUT2D eigenvalue weighted by Crippen LogP contribution is 2.59. The van der Waals surface area contributed by atoms with E-state index in [9.17, 15) is 0 Å². The normalized spacial score (nSPS) is 17.7. The summed E-state index contributed by atoms with van der Waals surface area (Å²) in [6.45, 7) is 14.4. The first-order chi connectivity index (χ1) is 7.21.